The molecule has 3 aromatic rings. The van der Waals surface area contributed by atoms with Gasteiger partial charge in [-0.15, -0.1) is 0 Å². The number of carbonyl (C=O) groups is 6. The van der Waals surface area contributed by atoms with Gasteiger partial charge in [0.2, 0.25) is 23.6 Å². The number of methoxy groups -OCH3 is 2. The maximum atomic E-state index is 14.2. The lowest BCUT2D eigenvalue weighted by molar-refractivity contribution is -0.143. The van der Waals surface area contributed by atoms with Crippen LogP contribution in [0.2, 0.25) is 0 Å². The standard InChI is InChI=1S/C46H58FN7O10/c1-45(2,61)37(50-43(59)63-5)41(57)52-25-7-9-35(52)39(55)48-30-17-11-27(12-18-30)33-23-24-34(54(33)32-21-15-29(47)16-22-32)28-13-19-31(20-14-28)49-40(56)36-10-8-26-53(36)42(58)38(46(3,4)62)51-44(60)64-6/h11-22,33-38,61-62H,7-10,23-26H2,1-6H3,(H,48,55)(H,49,56)(H,50,59)(H,51,60)/t33?,34?,35-,36-,37+,38+/m0/s1. The number of nitrogens with zero attached hydrogens (tertiary/aromatic N) is 3. The van der Waals surface area contributed by atoms with Gasteiger partial charge < -0.3 is 55.7 Å². The second-order valence-corrected chi connectivity index (χ2v) is 17.5. The van der Waals surface area contributed by atoms with Gasteiger partial charge in [-0.25, -0.2) is 14.0 Å². The zero-order valence-electron chi connectivity index (χ0n) is 36.9. The highest BCUT2D eigenvalue weighted by molar-refractivity contribution is 6.00. The van der Waals surface area contributed by atoms with E-state index in [1.807, 2.05) is 24.3 Å². The first-order valence-electron chi connectivity index (χ1n) is 21.4. The van der Waals surface area contributed by atoms with Gasteiger partial charge in [0.25, 0.3) is 0 Å². The number of nitrogens with one attached hydrogen (secondary N) is 4. The Morgan fingerprint density at radius 1 is 0.609 bits per heavy atom. The van der Waals surface area contributed by atoms with E-state index in [2.05, 4.69) is 35.6 Å². The van der Waals surface area contributed by atoms with Crippen LogP contribution in [0, 0.1) is 5.82 Å². The van der Waals surface area contributed by atoms with E-state index in [9.17, 15) is 43.4 Å². The molecule has 6 amide bonds. The van der Waals surface area contributed by atoms with E-state index >= 15 is 0 Å². The highest BCUT2D eigenvalue weighted by atomic mass is 19.1. The first-order chi connectivity index (χ1) is 30.3. The number of hydrogen-bond donors (Lipinski definition) is 6. The highest BCUT2D eigenvalue weighted by Gasteiger charge is 2.45. The van der Waals surface area contributed by atoms with Crippen LogP contribution >= 0.6 is 0 Å². The molecule has 0 spiro atoms. The Morgan fingerprint density at radius 3 is 1.33 bits per heavy atom. The molecule has 2 unspecified atom stereocenters. The molecule has 6 rings (SSSR count). The molecule has 3 aromatic carbocycles. The number of aliphatic hydroxyl groups is 2. The van der Waals surface area contributed by atoms with E-state index in [0.29, 0.717) is 37.1 Å². The molecule has 0 aliphatic carbocycles. The fourth-order valence-corrected chi connectivity index (χ4v) is 8.84. The van der Waals surface area contributed by atoms with Crippen LogP contribution in [0.25, 0.3) is 0 Å². The summed E-state index contributed by atoms with van der Waals surface area (Å²) in [6.07, 6.45) is 1.65. The van der Waals surface area contributed by atoms with Crippen molar-refractivity contribution in [1.82, 2.24) is 20.4 Å². The largest absolute Gasteiger partial charge is 0.453 e. The number of likely N-dealkylation sites (tertiary alicyclic amines) is 2. The maximum absolute atomic E-state index is 14.2. The van der Waals surface area contributed by atoms with Gasteiger partial charge in [-0.05, 0) is 126 Å². The van der Waals surface area contributed by atoms with Crippen molar-refractivity contribution >= 4 is 52.9 Å². The van der Waals surface area contributed by atoms with Crippen LogP contribution in [0.15, 0.2) is 72.8 Å². The SMILES string of the molecule is COC(=O)N[C@H](C(=O)N1CCC[C@H]1C(=O)Nc1ccc(C2CCC(c3ccc(NC(=O)[C@@H]4CCCN4C(=O)[C@@H](NC(=O)OC)C(C)(C)O)cc3)N2c2ccc(F)cc2)cc1)C(C)(C)O. The Morgan fingerprint density at radius 2 is 0.984 bits per heavy atom. The van der Waals surface area contributed by atoms with Crippen molar-refractivity contribution in [2.24, 2.45) is 0 Å². The minimum atomic E-state index is -1.63. The number of anilines is 3. The average molecular weight is 888 g/mol. The average Bonchev–Trinajstić information content (AvgIpc) is 4.05. The summed E-state index contributed by atoms with van der Waals surface area (Å²) in [6.45, 7) is 6.12. The number of amides is 6. The quantitative estimate of drug-likeness (QED) is 0.138. The fourth-order valence-electron chi connectivity index (χ4n) is 8.84. The summed E-state index contributed by atoms with van der Waals surface area (Å²) in [5, 5.41) is 32.0. The van der Waals surface area contributed by atoms with Gasteiger partial charge in [0.1, 0.15) is 30.0 Å². The van der Waals surface area contributed by atoms with Crippen LogP contribution < -0.4 is 26.2 Å². The molecule has 3 saturated heterocycles. The Hall–Kier alpha value is -6.27. The molecule has 0 aromatic heterocycles. The minimum Gasteiger partial charge on any atom is -0.453 e. The zero-order chi connectivity index (χ0) is 46.5. The molecule has 18 heteroatoms. The normalized spacial score (nSPS) is 20.9. The van der Waals surface area contributed by atoms with Crippen molar-refractivity contribution < 1.29 is 52.8 Å². The van der Waals surface area contributed by atoms with Crippen molar-refractivity contribution in [3.05, 3.63) is 89.7 Å². The molecule has 0 saturated carbocycles. The fraction of sp³-hybridized carbons (Fsp3) is 0.478. The van der Waals surface area contributed by atoms with Crippen LogP contribution in [-0.2, 0) is 28.7 Å². The van der Waals surface area contributed by atoms with Crippen LogP contribution in [0.1, 0.15) is 89.4 Å². The number of ether oxygens (including phenoxy) is 2. The molecule has 3 heterocycles. The second-order valence-electron chi connectivity index (χ2n) is 17.5. The lowest BCUT2D eigenvalue weighted by Gasteiger charge is -2.34. The predicted molar refractivity (Wildman–Crippen MR) is 234 cm³/mol. The van der Waals surface area contributed by atoms with Crippen LogP contribution in [0.3, 0.4) is 0 Å². The molecule has 3 aliphatic heterocycles. The van der Waals surface area contributed by atoms with Crippen LogP contribution in [-0.4, -0.2) is 119 Å². The third-order valence-electron chi connectivity index (χ3n) is 12.1. The third-order valence-corrected chi connectivity index (χ3v) is 12.1. The molecular formula is C46H58FN7O10. The number of benzene rings is 3. The molecule has 3 aliphatic rings. The molecule has 64 heavy (non-hydrogen) atoms. The van der Waals surface area contributed by atoms with Crippen molar-refractivity contribution in [2.75, 3.05) is 42.8 Å². The van der Waals surface area contributed by atoms with Gasteiger partial charge in [-0.1, -0.05) is 24.3 Å². The monoisotopic (exact) mass is 887 g/mol. The molecule has 344 valence electrons. The lowest BCUT2D eigenvalue weighted by Crippen LogP contribution is -2.60. The topological polar surface area (TPSA) is 219 Å². The number of halogens is 1. The van der Waals surface area contributed by atoms with Gasteiger partial charge in [-0.2, -0.15) is 0 Å². The van der Waals surface area contributed by atoms with Crippen molar-refractivity contribution in [3.8, 4) is 0 Å². The minimum absolute atomic E-state index is 0.129. The molecule has 3 fully saturated rings. The Kier molecular flexibility index (Phi) is 14.5. The van der Waals surface area contributed by atoms with Gasteiger partial charge >= 0.3 is 12.2 Å². The maximum Gasteiger partial charge on any atom is 0.407 e. The van der Waals surface area contributed by atoms with Crippen LogP contribution in [0.5, 0.6) is 0 Å². The lowest BCUT2D eigenvalue weighted by atomic mass is 9.97. The van der Waals surface area contributed by atoms with Crippen molar-refractivity contribution in [1.29, 1.82) is 0 Å². The van der Waals surface area contributed by atoms with E-state index in [1.54, 1.807) is 36.4 Å². The van der Waals surface area contributed by atoms with E-state index in [0.717, 1.165) is 43.9 Å². The molecule has 0 bridgehead atoms. The predicted octanol–water partition coefficient (Wildman–Crippen LogP) is 4.76. The number of rotatable bonds is 13. The van der Waals surface area contributed by atoms with E-state index in [1.165, 1.54) is 49.6 Å². The van der Waals surface area contributed by atoms with Gasteiger partial charge in [0.15, 0.2) is 0 Å². The molecule has 17 nitrogen and oxygen atoms in total. The summed E-state index contributed by atoms with van der Waals surface area (Å²) in [5.41, 5.74) is 0.481. The molecule has 0 radical (unpaired) electrons. The highest BCUT2D eigenvalue weighted by Crippen LogP contribution is 2.47. The van der Waals surface area contributed by atoms with Crippen LogP contribution in [0.4, 0.5) is 31.0 Å². The first-order valence-corrected chi connectivity index (χ1v) is 21.4. The number of alkyl carbamates (subject to hydrolysis) is 2. The molecule has 6 N–H and O–H groups in total. The third kappa shape index (κ3) is 10.7. The molecule has 6 atom stereocenters. The smallest absolute Gasteiger partial charge is 0.407 e. The Labute approximate surface area is 371 Å². The van der Waals surface area contributed by atoms with Gasteiger partial charge in [0.05, 0.1) is 37.5 Å². The second kappa shape index (κ2) is 19.6. The summed E-state index contributed by atoms with van der Waals surface area (Å²) >= 11 is 0. The summed E-state index contributed by atoms with van der Waals surface area (Å²) < 4.78 is 23.5. The summed E-state index contributed by atoms with van der Waals surface area (Å²) in [5.74, 6) is -2.37. The summed E-state index contributed by atoms with van der Waals surface area (Å²) in [4.78, 5) is 83.3. The Bertz CT molecular complexity index is 2040. The first kappa shape index (κ1) is 47.2. The summed E-state index contributed by atoms with van der Waals surface area (Å²) in [7, 11) is 2.30. The summed E-state index contributed by atoms with van der Waals surface area (Å²) in [6, 6.07) is 16.6. The number of hydrogen-bond acceptors (Lipinski definition) is 11. The van der Waals surface area contributed by atoms with Crippen molar-refractivity contribution in [2.45, 2.75) is 114 Å². The van der Waals surface area contributed by atoms with E-state index < -0.39 is 71.2 Å². The van der Waals surface area contributed by atoms with Crippen molar-refractivity contribution in [3.63, 3.8) is 0 Å². The van der Waals surface area contributed by atoms with E-state index in [-0.39, 0.29) is 31.0 Å². The number of carbonyl (C=O) groups excluding carboxylic acids is 6. The van der Waals surface area contributed by atoms with Gasteiger partial charge in [0, 0.05) is 30.2 Å². The Balaban J connectivity index is 1.14. The molecular weight excluding hydrogens is 830 g/mol. The van der Waals surface area contributed by atoms with E-state index in [4.69, 9.17) is 0 Å². The van der Waals surface area contributed by atoms with Gasteiger partial charge in [-0.3, -0.25) is 19.2 Å². The zero-order valence-corrected chi connectivity index (χ0v) is 36.9.